The number of para-hydroxylation sites is 1. The second kappa shape index (κ2) is 6.66. The molecule has 4 unspecified atom stereocenters. The molecule has 4 atom stereocenters. The lowest BCUT2D eigenvalue weighted by Crippen LogP contribution is -2.47. The van der Waals surface area contributed by atoms with E-state index in [2.05, 4.69) is 5.32 Å². The minimum atomic E-state index is -0.808. The molecule has 0 aliphatic carbocycles. The van der Waals surface area contributed by atoms with Gasteiger partial charge < -0.3 is 9.64 Å². The number of hydrogen-bond acceptors (Lipinski definition) is 6. The number of rotatable bonds is 3. The molecule has 30 heavy (non-hydrogen) atoms. The Morgan fingerprint density at radius 1 is 0.967 bits per heavy atom. The van der Waals surface area contributed by atoms with Crippen molar-refractivity contribution in [1.82, 2.24) is 5.32 Å². The van der Waals surface area contributed by atoms with Crippen LogP contribution >= 0.6 is 0 Å². The van der Waals surface area contributed by atoms with E-state index in [1.165, 1.54) is 6.92 Å². The van der Waals surface area contributed by atoms with Gasteiger partial charge in [0, 0.05) is 18.2 Å². The molecule has 2 saturated heterocycles. The maximum Gasteiger partial charge on any atom is 0.308 e. The third kappa shape index (κ3) is 2.66. The summed E-state index contributed by atoms with van der Waals surface area (Å²) in [5.74, 6) is -2.51. The SMILES string of the molecule is CC(=O)Oc1ccc(C(=O)C2C3C(=O)NC(=O)C3C3C=Cc4ccccc4N32)cc1. The first-order valence-electron chi connectivity index (χ1n) is 9.68. The first kappa shape index (κ1) is 18.3. The molecule has 2 aromatic rings. The van der Waals surface area contributed by atoms with Crippen LogP contribution in [-0.4, -0.2) is 35.7 Å². The molecule has 0 bridgehead atoms. The number of esters is 1. The molecule has 1 N–H and O–H groups in total. The zero-order chi connectivity index (χ0) is 21.0. The first-order valence-corrected chi connectivity index (χ1v) is 9.68. The van der Waals surface area contributed by atoms with Crippen molar-refractivity contribution in [3.8, 4) is 5.75 Å². The van der Waals surface area contributed by atoms with E-state index in [4.69, 9.17) is 4.74 Å². The largest absolute Gasteiger partial charge is 0.427 e. The monoisotopic (exact) mass is 402 g/mol. The molecule has 3 aliphatic rings. The number of ether oxygens (including phenoxy) is 1. The van der Waals surface area contributed by atoms with Crippen molar-refractivity contribution in [2.24, 2.45) is 11.8 Å². The molecule has 0 saturated carbocycles. The van der Waals surface area contributed by atoms with Crippen molar-refractivity contribution in [3.63, 3.8) is 0 Å². The first-order chi connectivity index (χ1) is 14.5. The molecule has 2 fully saturated rings. The lowest BCUT2D eigenvalue weighted by atomic mass is 9.86. The van der Waals surface area contributed by atoms with Gasteiger partial charge in [0.25, 0.3) is 0 Å². The minimum absolute atomic E-state index is 0.253. The molecule has 0 aromatic heterocycles. The number of ketones is 1. The molecule has 0 radical (unpaired) electrons. The van der Waals surface area contributed by atoms with Crippen LogP contribution in [0.2, 0.25) is 0 Å². The molecule has 2 amide bonds. The molecule has 7 nitrogen and oxygen atoms in total. The number of carbonyl (C=O) groups excluding carboxylic acids is 4. The normalized spacial score (nSPS) is 26.0. The molecule has 150 valence electrons. The summed E-state index contributed by atoms with van der Waals surface area (Å²) in [6.07, 6.45) is 3.83. The lowest BCUT2D eigenvalue weighted by Gasteiger charge is -2.35. The van der Waals surface area contributed by atoms with Gasteiger partial charge >= 0.3 is 5.97 Å². The van der Waals surface area contributed by atoms with Gasteiger partial charge in [-0.05, 0) is 35.9 Å². The van der Waals surface area contributed by atoms with Crippen LogP contribution in [0.3, 0.4) is 0 Å². The second-order valence-corrected chi connectivity index (χ2v) is 7.65. The number of hydrogen-bond donors (Lipinski definition) is 1. The van der Waals surface area contributed by atoms with E-state index in [0.717, 1.165) is 11.3 Å². The van der Waals surface area contributed by atoms with E-state index < -0.39 is 29.8 Å². The van der Waals surface area contributed by atoms with Gasteiger partial charge in [0.1, 0.15) is 11.8 Å². The average molecular weight is 402 g/mol. The summed E-state index contributed by atoms with van der Waals surface area (Å²) < 4.78 is 5.03. The van der Waals surface area contributed by atoms with Crippen LogP contribution in [0.4, 0.5) is 5.69 Å². The number of nitrogens with zero attached hydrogens (tertiary/aromatic N) is 1. The van der Waals surface area contributed by atoms with Crippen molar-refractivity contribution in [2.45, 2.75) is 19.0 Å². The Morgan fingerprint density at radius 3 is 2.40 bits per heavy atom. The molecule has 3 heterocycles. The van der Waals surface area contributed by atoms with Crippen molar-refractivity contribution in [2.75, 3.05) is 4.90 Å². The van der Waals surface area contributed by atoms with Gasteiger partial charge in [0.15, 0.2) is 5.78 Å². The van der Waals surface area contributed by atoms with Crippen molar-refractivity contribution < 1.29 is 23.9 Å². The molecule has 3 aliphatic heterocycles. The summed E-state index contributed by atoms with van der Waals surface area (Å²) in [6.45, 7) is 1.30. The van der Waals surface area contributed by atoms with Crippen molar-refractivity contribution in [3.05, 3.63) is 65.7 Å². The summed E-state index contributed by atoms with van der Waals surface area (Å²) in [6, 6.07) is 12.7. The molecule has 0 spiro atoms. The Kier molecular flexibility index (Phi) is 4.06. The van der Waals surface area contributed by atoms with Gasteiger partial charge in [-0.25, -0.2) is 0 Å². The van der Waals surface area contributed by atoms with Crippen molar-refractivity contribution in [1.29, 1.82) is 0 Å². The molecular formula is C23H18N2O5. The van der Waals surface area contributed by atoms with Crippen LogP contribution in [0, 0.1) is 11.8 Å². The Balaban J connectivity index is 1.57. The highest BCUT2D eigenvalue weighted by Gasteiger charge is 2.61. The number of anilines is 1. The molecule has 7 heteroatoms. The maximum atomic E-state index is 13.6. The van der Waals surface area contributed by atoms with Gasteiger partial charge in [0.2, 0.25) is 11.8 Å². The topological polar surface area (TPSA) is 92.8 Å². The van der Waals surface area contributed by atoms with E-state index in [1.807, 2.05) is 41.3 Å². The third-order valence-electron chi connectivity index (χ3n) is 5.92. The van der Waals surface area contributed by atoms with E-state index in [9.17, 15) is 19.2 Å². The van der Waals surface area contributed by atoms with Gasteiger partial charge in [-0.15, -0.1) is 0 Å². The van der Waals surface area contributed by atoms with Crippen LogP contribution in [0.5, 0.6) is 5.75 Å². The third-order valence-corrected chi connectivity index (χ3v) is 5.92. The maximum absolute atomic E-state index is 13.6. The Hall–Kier alpha value is -3.74. The zero-order valence-corrected chi connectivity index (χ0v) is 16.1. The number of amides is 2. The fourth-order valence-corrected chi connectivity index (χ4v) is 4.76. The smallest absolute Gasteiger partial charge is 0.308 e. The zero-order valence-electron chi connectivity index (χ0n) is 16.1. The summed E-state index contributed by atoms with van der Waals surface area (Å²) >= 11 is 0. The van der Waals surface area contributed by atoms with Crippen LogP contribution in [0.1, 0.15) is 22.8 Å². The van der Waals surface area contributed by atoms with E-state index >= 15 is 0 Å². The van der Waals surface area contributed by atoms with Crippen LogP contribution < -0.4 is 15.0 Å². The van der Waals surface area contributed by atoms with Crippen molar-refractivity contribution >= 4 is 35.3 Å². The van der Waals surface area contributed by atoms with Gasteiger partial charge in [-0.1, -0.05) is 30.4 Å². The van der Waals surface area contributed by atoms with Crippen LogP contribution in [0.15, 0.2) is 54.6 Å². The molecule has 2 aromatic carbocycles. The number of fused-ring (bicyclic) bond motifs is 5. The predicted octanol–water partition coefficient (Wildman–Crippen LogP) is 1.97. The van der Waals surface area contributed by atoms with E-state index in [1.54, 1.807) is 24.3 Å². The fraction of sp³-hybridized carbons (Fsp3) is 0.217. The lowest BCUT2D eigenvalue weighted by molar-refractivity contribution is -0.132. The Bertz CT molecular complexity index is 1120. The number of carbonyl (C=O) groups is 4. The number of imide groups is 1. The summed E-state index contributed by atoms with van der Waals surface area (Å²) in [7, 11) is 0. The fourth-order valence-electron chi connectivity index (χ4n) is 4.76. The van der Waals surface area contributed by atoms with E-state index in [-0.39, 0.29) is 17.7 Å². The quantitative estimate of drug-likeness (QED) is 0.365. The number of benzene rings is 2. The number of Topliss-reactive ketones (excluding diaryl/α,β-unsaturated/α-hetero) is 1. The van der Waals surface area contributed by atoms with Gasteiger partial charge in [0.05, 0.1) is 17.9 Å². The summed E-state index contributed by atoms with van der Waals surface area (Å²) in [5.41, 5.74) is 2.15. The summed E-state index contributed by atoms with van der Waals surface area (Å²) in [4.78, 5) is 51.8. The Morgan fingerprint density at radius 2 is 1.67 bits per heavy atom. The highest BCUT2D eigenvalue weighted by molar-refractivity contribution is 6.14. The summed E-state index contributed by atoms with van der Waals surface area (Å²) in [5, 5.41) is 2.39. The standard InChI is InChI=1S/C23H18N2O5/c1-12(26)30-15-9-6-14(7-10-15)21(27)20-19-18(22(28)24-23(19)29)17-11-8-13-4-2-3-5-16(13)25(17)20/h2-11,17-20H,1H3,(H,24,28,29). The minimum Gasteiger partial charge on any atom is -0.427 e. The number of nitrogens with one attached hydrogen (secondary N) is 1. The van der Waals surface area contributed by atoms with Gasteiger partial charge in [-0.3, -0.25) is 24.5 Å². The second-order valence-electron chi connectivity index (χ2n) is 7.65. The van der Waals surface area contributed by atoms with Crippen LogP contribution in [0.25, 0.3) is 6.08 Å². The highest BCUT2D eigenvalue weighted by atomic mass is 16.5. The van der Waals surface area contributed by atoms with Gasteiger partial charge in [-0.2, -0.15) is 0 Å². The molecule has 5 rings (SSSR count). The molecular weight excluding hydrogens is 384 g/mol. The van der Waals surface area contributed by atoms with E-state index in [0.29, 0.717) is 11.3 Å². The average Bonchev–Trinajstić information content (AvgIpc) is 3.23. The van der Waals surface area contributed by atoms with Crippen LogP contribution in [-0.2, 0) is 14.4 Å². The highest BCUT2D eigenvalue weighted by Crippen LogP contribution is 2.46. The predicted molar refractivity (Wildman–Crippen MR) is 108 cm³/mol. The Labute approximate surface area is 172 Å².